The Morgan fingerprint density at radius 2 is 1.85 bits per heavy atom. The number of hydrogen-bond donors (Lipinski definition) is 1. The lowest BCUT2D eigenvalue weighted by Gasteiger charge is -2.12. The quantitative estimate of drug-likeness (QED) is 0.409. The van der Waals surface area contributed by atoms with Crippen molar-refractivity contribution in [1.82, 2.24) is 24.7 Å². The minimum absolute atomic E-state index is 0.146. The number of nitrogens with one attached hydrogen (secondary N) is 1. The molecule has 0 aliphatic rings. The second-order valence-electron chi connectivity index (χ2n) is 7.89. The van der Waals surface area contributed by atoms with Crippen molar-refractivity contribution in [2.45, 2.75) is 27.3 Å². The Morgan fingerprint density at radius 3 is 2.59 bits per heavy atom. The molecule has 5 rings (SSSR count). The number of aromatic nitrogens is 5. The highest BCUT2D eigenvalue weighted by molar-refractivity contribution is 7.22. The molecular weight excluding hydrogens is 452 g/mol. The zero-order valence-corrected chi connectivity index (χ0v) is 19.5. The first kappa shape index (κ1) is 21.7. The number of anilines is 1. The van der Waals surface area contributed by atoms with E-state index < -0.39 is 0 Å². The number of hydrogen-bond acceptors (Lipinski definition) is 8. The molecule has 0 bridgehead atoms. The molecule has 34 heavy (non-hydrogen) atoms. The van der Waals surface area contributed by atoms with E-state index in [1.165, 1.54) is 22.2 Å². The van der Waals surface area contributed by atoms with Crippen LogP contribution in [-0.2, 0) is 11.3 Å². The fraction of sp³-hybridized carbons (Fsp3) is 0.167. The number of aryl methyl sites for hydroxylation is 3. The first-order valence-electron chi connectivity index (χ1n) is 10.5. The van der Waals surface area contributed by atoms with Crippen LogP contribution < -0.4 is 10.9 Å². The molecule has 0 spiro atoms. The van der Waals surface area contributed by atoms with Gasteiger partial charge in [0.2, 0.25) is 11.7 Å². The third kappa shape index (κ3) is 3.88. The highest BCUT2D eigenvalue weighted by atomic mass is 32.1. The second kappa shape index (κ2) is 8.64. The van der Waals surface area contributed by atoms with Crippen LogP contribution in [0.25, 0.3) is 32.4 Å². The molecule has 0 unspecified atom stereocenters. The van der Waals surface area contributed by atoms with Crippen LogP contribution >= 0.6 is 11.3 Å². The van der Waals surface area contributed by atoms with Gasteiger partial charge in [0.1, 0.15) is 11.4 Å². The number of nitrogens with zero attached hydrogens (tertiary/aromatic N) is 5. The molecule has 0 atom stereocenters. The lowest BCUT2D eigenvalue weighted by atomic mass is 10.1. The summed E-state index contributed by atoms with van der Waals surface area (Å²) in [5.74, 6) is 0.446. The van der Waals surface area contributed by atoms with Crippen molar-refractivity contribution in [2.75, 3.05) is 5.32 Å². The van der Waals surface area contributed by atoms with Crippen LogP contribution in [0.5, 0.6) is 0 Å². The van der Waals surface area contributed by atoms with Gasteiger partial charge in [-0.05, 0) is 49.6 Å². The average Bonchev–Trinajstić information content (AvgIpc) is 3.44. The fourth-order valence-electron chi connectivity index (χ4n) is 3.76. The van der Waals surface area contributed by atoms with E-state index in [4.69, 9.17) is 4.52 Å². The van der Waals surface area contributed by atoms with Crippen LogP contribution in [0.4, 0.5) is 5.69 Å². The van der Waals surface area contributed by atoms with Crippen molar-refractivity contribution in [3.63, 3.8) is 0 Å². The zero-order chi connectivity index (χ0) is 23.8. The number of para-hydroxylation sites is 1. The van der Waals surface area contributed by atoms with Crippen molar-refractivity contribution in [3.05, 3.63) is 76.1 Å². The maximum Gasteiger partial charge on any atom is 0.268 e. The normalized spacial score (nSPS) is 11.1. The van der Waals surface area contributed by atoms with Crippen LogP contribution in [0, 0.1) is 20.8 Å². The maximum atomic E-state index is 13.2. The Bertz CT molecular complexity index is 1570. The van der Waals surface area contributed by atoms with Gasteiger partial charge in [-0.15, -0.1) is 11.3 Å². The van der Waals surface area contributed by atoms with Crippen molar-refractivity contribution >= 4 is 33.1 Å². The fourth-order valence-corrected chi connectivity index (χ4v) is 4.82. The largest absolute Gasteiger partial charge is 0.333 e. The molecule has 1 N–H and O–H groups in total. The summed E-state index contributed by atoms with van der Waals surface area (Å²) in [7, 11) is 0. The summed E-state index contributed by atoms with van der Waals surface area (Å²) in [5, 5.41) is 7.38. The Morgan fingerprint density at radius 1 is 1.12 bits per heavy atom. The predicted octanol–water partition coefficient (Wildman–Crippen LogP) is 4.13. The third-order valence-electron chi connectivity index (χ3n) is 5.54. The molecule has 5 aromatic rings. The third-order valence-corrected chi connectivity index (χ3v) is 6.72. The number of carbonyl (C=O) groups excluding carboxylic acids is 1. The molecule has 9 nitrogen and oxygen atoms in total. The summed E-state index contributed by atoms with van der Waals surface area (Å²) in [6.07, 6.45) is 4.70. The minimum atomic E-state index is -0.298. The molecule has 0 aliphatic heterocycles. The number of rotatable bonds is 5. The van der Waals surface area contributed by atoms with E-state index >= 15 is 0 Å². The van der Waals surface area contributed by atoms with Gasteiger partial charge in [0.05, 0.1) is 16.6 Å². The first-order valence-corrected chi connectivity index (χ1v) is 11.3. The standard InChI is InChI=1S/C24H20N6O3S/c1-13-5-4-6-14(2)19(13)27-17(31)11-30-12-26-23-18(24(30)32)15(3)20(34-23)22-28-21(29-33-22)16-7-9-25-10-8-16/h4-10,12H,11H2,1-3H3,(H,27,31). The van der Waals surface area contributed by atoms with E-state index in [2.05, 4.69) is 25.4 Å². The van der Waals surface area contributed by atoms with E-state index in [0.717, 1.165) is 22.4 Å². The highest BCUT2D eigenvalue weighted by Gasteiger charge is 2.21. The molecular formula is C24H20N6O3S. The van der Waals surface area contributed by atoms with E-state index in [9.17, 15) is 9.59 Å². The van der Waals surface area contributed by atoms with Crippen molar-refractivity contribution in [1.29, 1.82) is 0 Å². The summed E-state index contributed by atoms with van der Waals surface area (Å²) >= 11 is 1.30. The number of benzene rings is 1. The predicted molar refractivity (Wildman–Crippen MR) is 130 cm³/mol. The van der Waals surface area contributed by atoms with Gasteiger partial charge in [0, 0.05) is 23.6 Å². The van der Waals surface area contributed by atoms with Gasteiger partial charge < -0.3 is 9.84 Å². The molecule has 0 radical (unpaired) electrons. The molecule has 0 saturated carbocycles. The molecule has 170 valence electrons. The summed E-state index contributed by atoms with van der Waals surface area (Å²) in [4.78, 5) is 40.0. The molecule has 1 amide bonds. The minimum Gasteiger partial charge on any atom is -0.333 e. The Labute approximate surface area is 198 Å². The van der Waals surface area contributed by atoms with Gasteiger partial charge in [-0.2, -0.15) is 4.98 Å². The molecule has 0 aliphatic carbocycles. The number of thiophene rings is 1. The number of pyridine rings is 1. The van der Waals surface area contributed by atoms with E-state index in [1.807, 2.05) is 39.0 Å². The molecule has 4 heterocycles. The van der Waals surface area contributed by atoms with E-state index in [1.54, 1.807) is 24.5 Å². The van der Waals surface area contributed by atoms with Crippen molar-refractivity contribution in [2.24, 2.45) is 0 Å². The lowest BCUT2D eigenvalue weighted by Crippen LogP contribution is -2.28. The van der Waals surface area contributed by atoms with Gasteiger partial charge in [0.25, 0.3) is 11.4 Å². The van der Waals surface area contributed by atoms with Crippen LogP contribution in [0.2, 0.25) is 0 Å². The maximum absolute atomic E-state index is 13.2. The first-order chi connectivity index (χ1) is 16.4. The zero-order valence-electron chi connectivity index (χ0n) is 18.7. The van der Waals surface area contributed by atoms with Crippen LogP contribution in [0.3, 0.4) is 0 Å². The lowest BCUT2D eigenvalue weighted by molar-refractivity contribution is -0.116. The van der Waals surface area contributed by atoms with Gasteiger partial charge in [-0.25, -0.2) is 4.98 Å². The number of fused-ring (bicyclic) bond motifs is 1. The summed E-state index contributed by atoms with van der Waals surface area (Å²) in [5.41, 5.74) is 3.84. The summed E-state index contributed by atoms with van der Waals surface area (Å²) in [6, 6.07) is 9.36. The summed E-state index contributed by atoms with van der Waals surface area (Å²) in [6.45, 7) is 5.52. The van der Waals surface area contributed by atoms with Crippen molar-refractivity contribution in [3.8, 4) is 22.2 Å². The Hall–Kier alpha value is -4.18. The second-order valence-corrected chi connectivity index (χ2v) is 8.89. The molecule has 1 aromatic carbocycles. The van der Waals surface area contributed by atoms with Gasteiger partial charge >= 0.3 is 0 Å². The summed E-state index contributed by atoms with van der Waals surface area (Å²) < 4.78 is 6.78. The highest BCUT2D eigenvalue weighted by Crippen LogP contribution is 2.35. The average molecular weight is 473 g/mol. The van der Waals surface area contributed by atoms with Crippen molar-refractivity contribution < 1.29 is 9.32 Å². The Balaban J connectivity index is 1.45. The smallest absolute Gasteiger partial charge is 0.268 e. The van der Waals surface area contributed by atoms with Gasteiger partial charge in [0.15, 0.2) is 0 Å². The number of amides is 1. The molecule has 10 heteroatoms. The Kier molecular flexibility index (Phi) is 5.50. The van der Waals surface area contributed by atoms with Crippen LogP contribution in [0.15, 0.2) is 58.4 Å². The van der Waals surface area contributed by atoms with Crippen LogP contribution in [-0.4, -0.2) is 30.6 Å². The molecule has 0 saturated heterocycles. The number of carbonyl (C=O) groups is 1. The SMILES string of the molecule is Cc1cccc(C)c1NC(=O)Cn1cnc2sc(-c3nc(-c4ccncc4)no3)c(C)c2c1=O. The van der Waals surface area contributed by atoms with Gasteiger partial charge in [-0.1, -0.05) is 23.4 Å². The topological polar surface area (TPSA) is 116 Å². The molecule has 0 fully saturated rings. The monoisotopic (exact) mass is 472 g/mol. The molecule has 4 aromatic heterocycles. The van der Waals surface area contributed by atoms with E-state index in [0.29, 0.717) is 32.4 Å². The van der Waals surface area contributed by atoms with Gasteiger partial charge in [-0.3, -0.25) is 19.1 Å². The van der Waals surface area contributed by atoms with E-state index in [-0.39, 0.29) is 18.0 Å². The van der Waals surface area contributed by atoms with Crippen LogP contribution in [0.1, 0.15) is 16.7 Å².